The average molecular weight is 292 g/mol. The molecule has 0 fully saturated rings. The highest BCUT2D eigenvalue weighted by Gasteiger charge is 2.15. The minimum Gasteiger partial charge on any atom is -0.396 e. The van der Waals surface area contributed by atoms with Crippen molar-refractivity contribution in [3.63, 3.8) is 0 Å². The summed E-state index contributed by atoms with van der Waals surface area (Å²) in [5, 5.41) is 11.5. The van der Waals surface area contributed by atoms with Gasteiger partial charge in [0.1, 0.15) is 0 Å². The van der Waals surface area contributed by atoms with Gasteiger partial charge in [-0.2, -0.15) is 0 Å². The number of amides is 1. The molecule has 0 unspecified atom stereocenters. The Morgan fingerprint density at radius 1 is 1.09 bits per heavy atom. The number of carbonyl (C=O) groups is 1. The Morgan fingerprint density at radius 3 is 2.55 bits per heavy atom. The summed E-state index contributed by atoms with van der Waals surface area (Å²) in [7, 11) is 0. The van der Waals surface area contributed by atoms with E-state index in [1.807, 2.05) is 48.5 Å². The van der Waals surface area contributed by atoms with E-state index in [0.717, 1.165) is 11.8 Å². The van der Waals surface area contributed by atoms with Gasteiger partial charge in [0.2, 0.25) is 0 Å². The SMILES string of the molecule is CCc1ccc(NC(=O)c2nnc3ccccc3c2N)cc1. The van der Waals surface area contributed by atoms with Crippen molar-refractivity contribution < 1.29 is 4.79 Å². The predicted molar refractivity (Wildman–Crippen MR) is 87.7 cm³/mol. The molecular formula is C17H16N4O. The summed E-state index contributed by atoms with van der Waals surface area (Å²) in [6, 6.07) is 15.0. The van der Waals surface area contributed by atoms with E-state index >= 15 is 0 Å². The van der Waals surface area contributed by atoms with Gasteiger partial charge in [0.25, 0.3) is 5.91 Å². The maximum Gasteiger partial charge on any atom is 0.278 e. The third-order valence-electron chi connectivity index (χ3n) is 3.54. The van der Waals surface area contributed by atoms with Crippen molar-refractivity contribution in [1.82, 2.24) is 10.2 Å². The second-order valence-electron chi connectivity index (χ2n) is 4.98. The fraction of sp³-hybridized carbons (Fsp3) is 0.118. The second-order valence-corrected chi connectivity index (χ2v) is 4.98. The molecule has 0 bridgehead atoms. The van der Waals surface area contributed by atoms with Gasteiger partial charge < -0.3 is 11.1 Å². The normalized spacial score (nSPS) is 10.6. The lowest BCUT2D eigenvalue weighted by Crippen LogP contribution is -2.17. The first-order valence-corrected chi connectivity index (χ1v) is 7.10. The van der Waals surface area contributed by atoms with Crippen LogP contribution in [0.4, 0.5) is 11.4 Å². The first-order valence-electron chi connectivity index (χ1n) is 7.10. The Kier molecular flexibility index (Phi) is 3.70. The number of aromatic nitrogens is 2. The summed E-state index contributed by atoms with van der Waals surface area (Å²) < 4.78 is 0. The topological polar surface area (TPSA) is 80.9 Å². The Hall–Kier alpha value is -2.95. The zero-order chi connectivity index (χ0) is 15.5. The molecule has 0 spiro atoms. The number of nitrogens with zero attached hydrogens (tertiary/aromatic N) is 2. The monoisotopic (exact) mass is 292 g/mol. The van der Waals surface area contributed by atoms with Crippen molar-refractivity contribution in [2.75, 3.05) is 11.1 Å². The molecule has 0 aliphatic rings. The van der Waals surface area contributed by atoms with Gasteiger partial charge in [-0.05, 0) is 30.2 Å². The van der Waals surface area contributed by atoms with Crippen molar-refractivity contribution in [3.05, 3.63) is 59.8 Å². The minimum atomic E-state index is -0.361. The van der Waals surface area contributed by atoms with E-state index in [2.05, 4.69) is 22.4 Å². The number of hydrogen-bond donors (Lipinski definition) is 2. The van der Waals surface area contributed by atoms with Crippen LogP contribution in [0.15, 0.2) is 48.5 Å². The molecule has 1 aromatic heterocycles. The summed E-state index contributed by atoms with van der Waals surface area (Å²) in [6.07, 6.45) is 0.956. The quantitative estimate of drug-likeness (QED) is 0.777. The van der Waals surface area contributed by atoms with Gasteiger partial charge in [-0.15, -0.1) is 10.2 Å². The number of anilines is 2. The van der Waals surface area contributed by atoms with Crippen LogP contribution in [0.5, 0.6) is 0 Å². The lowest BCUT2D eigenvalue weighted by atomic mass is 10.1. The van der Waals surface area contributed by atoms with Crippen LogP contribution in [-0.4, -0.2) is 16.1 Å². The van der Waals surface area contributed by atoms with Crippen LogP contribution < -0.4 is 11.1 Å². The van der Waals surface area contributed by atoms with Crippen LogP contribution in [0.1, 0.15) is 23.0 Å². The number of nitrogen functional groups attached to an aromatic ring is 1. The molecule has 1 heterocycles. The van der Waals surface area contributed by atoms with Crippen LogP contribution in [0.25, 0.3) is 10.9 Å². The Morgan fingerprint density at radius 2 is 1.82 bits per heavy atom. The Labute approximate surface area is 128 Å². The van der Waals surface area contributed by atoms with E-state index < -0.39 is 0 Å². The lowest BCUT2D eigenvalue weighted by Gasteiger charge is -2.08. The molecule has 0 atom stereocenters. The molecule has 0 saturated carbocycles. The van der Waals surface area contributed by atoms with Gasteiger partial charge in [-0.1, -0.05) is 37.3 Å². The van der Waals surface area contributed by atoms with Crippen molar-refractivity contribution in [2.24, 2.45) is 0 Å². The summed E-state index contributed by atoms with van der Waals surface area (Å²) in [5.41, 5.74) is 9.12. The van der Waals surface area contributed by atoms with Gasteiger partial charge >= 0.3 is 0 Å². The summed E-state index contributed by atoms with van der Waals surface area (Å²) in [6.45, 7) is 2.08. The van der Waals surface area contributed by atoms with E-state index in [1.54, 1.807) is 0 Å². The molecule has 2 aromatic carbocycles. The third kappa shape index (κ3) is 2.61. The molecule has 0 aliphatic heterocycles. The molecule has 3 rings (SSSR count). The van der Waals surface area contributed by atoms with E-state index in [-0.39, 0.29) is 11.6 Å². The van der Waals surface area contributed by atoms with Gasteiger partial charge in [-0.25, -0.2) is 0 Å². The smallest absolute Gasteiger partial charge is 0.278 e. The fourth-order valence-corrected chi connectivity index (χ4v) is 2.26. The van der Waals surface area contributed by atoms with Gasteiger partial charge in [0.05, 0.1) is 11.2 Å². The van der Waals surface area contributed by atoms with Crippen molar-refractivity contribution >= 4 is 28.2 Å². The number of rotatable bonds is 3. The molecule has 3 N–H and O–H groups in total. The first kappa shape index (κ1) is 14.0. The number of benzene rings is 2. The van der Waals surface area contributed by atoms with Crippen LogP contribution in [0.2, 0.25) is 0 Å². The Bertz CT molecular complexity index is 828. The number of carbonyl (C=O) groups excluding carboxylic acids is 1. The van der Waals surface area contributed by atoms with Crippen LogP contribution in [0, 0.1) is 0 Å². The minimum absolute atomic E-state index is 0.137. The van der Waals surface area contributed by atoms with Gasteiger partial charge in [0, 0.05) is 11.1 Å². The molecule has 5 heteroatoms. The molecule has 1 amide bonds. The molecular weight excluding hydrogens is 276 g/mol. The third-order valence-corrected chi connectivity index (χ3v) is 3.54. The largest absolute Gasteiger partial charge is 0.396 e. The highest BCUT2D eigenvalue weighted by Crippen LogP contribution is 2.21. The number of nitrogens with two attached hydrogens (primary N) is 1. The van der Waals surface area contributed by atoms with Crippen molar-refractivity contribution in [3.8, 4) is 0 Å². The highest BCUT2D eigenvalue weighted by atomic mass is 16.1. The van der Waals surface area contributed by atoms with Gasteiger partial charge in [0.15, 0.2) is 5.69 Å². The van der Waals surface area contributed by atoms with Crippen molar-refractivity contribution in [1.29, 1.82) is 0 Å². The van der Waals surface area contributed by atoms with E-state index in [0.29, 0.717) is 16.9 Å². The number of nitrogens with one attached hydrogen (secondary N) is 1. The maximum atomic E-state index is 12.3. The first-order chi connectivity index (χ1) is 10.7. The maximum absolute atomic E-state index is 12.3. The molecule has 0 aliphatic carbocycles. The molecule has 3 aromatic rings. The molecule has 0 radical (unpaired) electrons. The molecule has 0 saturated heterocycles. The zero-order valence-electron chi connectivity index (χ0n) is 12.2. The summed E-state index contributed by atoms with van der Waals surface area (Å²) in [4.78, 5) is 12.3. The predicted octanol–water partition coefficient (Wildman–Crippen LogP) is 3.03. The molecule has 5 nitrogen and oxygen atoms in total. The fourth-order valence-electron chi connectivity index (χ4n) is 2.26. The zero-order valence-corrected chi connectivity index (χ0v) is 12.2. The van der Waals surface area contributed by atoms with Crippen LogP contribution in [-0.2, 0) is 6.42 Å². The lowest BCUT2D eigenvalue weighted by molar-refractivity contribution is 0.102. The van der Waals surface area contributed by atoms with E-state index in [1.165, 1.54) is 5.56 Å². The Balaban J connectivity index is 1.89. The molecule has 110 valence electrons. The van der Waals surface area contributed by atoms with Crippen LogP contribution >= 0.6 is 0 Å². The van der Waals surface area contributed by atoms with Crippen molar-refractivity contribution in [2.45, 2.75) is 13.3 Å². The molecule has 22 heavy (non-hydrogen) atoms. The van der Waals surface area contributed by atoms with E-state index in [9.17, 15) is 4.79 Å². The summed E-state index contributed by atoms with van der Waals surface area (Å²) >= 11 is 0. The number of fused-ring (bicyclic) bond motifs is 1. The average Bonchev–Trinajstić information content (AvgIpc) is 2.56. The second kappa shape index (κ2) is 5.81. The number of aryl methyl sites for hydroxylation is 1. The van der Waals surface area contributed by atoms with Gasteiger partial charge in [-0.3, -0.25) is 4.79 Å². The van der Waals surface area contributed by atoms with Crippen LogP contribution in [0.3, 0.4) is 0 Å². The number of hydrogen-bond acceptors (Lipinski definition) is 4. The van der Waals surface area contributed by atoms with E-state index in [4.69, 9.17) is 5.73 Å². The highest BCUT2D eigenvalue weighted by molar-refractivity contribution is 6.10. The standard InChI is InChI=1S/C17H16N4O/c1-2-11-7-9-12(10-8-11)19-17(22)16-15(18)13-5-3-4-6-14(13)20-21-16/h3-10H,2H2,1H3,(H2,18,20)(H,19,22). The summed E-state index contributed by atoms with van der Waals surface area (Å²) in [5.74, 6) is -0.361.